The number of likely N-dealkylation sites (tertiary alicyclic amines) is 1. The predicted molar refractivity (Wildman–Crippen MR) is 187 cm³/mol. The topological polar surface area (TPSA) is 125 Å². The van der Waals surface area contributed by atoms with Gasteiger partial charge in [-0.2, -0.15) is 18.4 Å². The van der Waals surface area contributed by atoms with E-state index in [9.17, 15) is 27.6 Å². The number of hydrogen-bond donors (Lipinski definition) is 0. The van der Waals surface area contributed by atoms with E-state index in [4.69, 9.17) is 38.6 Å². The van der Waals surface area contributed by atoms with Crippen molar-refractivity contribution in [3.63, 3.8) is 0 Å². The SMILES string of the molecule is CCc1cc(N2C(=S)N(c3cnc(C#N)c(C(F)(F)F)c3)C(=O)C2(C)C)ccc1OCCC1CCN([C@H](C)C(=O)O[C@@](Cl)(CC)C(=O)OC)CC1. The zero-order chi connectivity index (χ0) is 37.9. The van der Waals surface area contributed by atoms with Gasteiger partial charge < -0.3 is 19.1 Å². The standard InChI is InChI=1S/C35H41ClF3N5O6S/c1-7-23-17-24(44-32(51)43(30(46)33(44,4)5)25-18-26(35(37,38)39)27(19-40)41-20-25)9-10-28(23)49-16-13-22-11-14-42(15-12-22)21(3)29(45)50-34(36,8-2)31(47)48-6/h9-10,17-18,20-22H,7-8,11-16H2,1-6H3/t21-,34+/m1/s1. The van der Waals surface area contributed by atoms with E-state index in [2.05, 4.69) is 9.72 Å². The van der Waals surface area contributed by atoms with Gasteiger partial charge in [-0.25, -0.2) is 9.78 Å². The van der Waals surface area contributed by atoms with E-state index in [1.165, 1.54) is 13.2 Å². The van der Waals surface area contributed by atoms with Crippen LogP contribution < -0.4 is 14.5 Å². The third-order valence-corrected chi connectivity index (χ3v) is 10.3. The largest absolute Gasteiger partial charge is 0.493 e. The van der Waals surface area contributed by atoms with E-state index >= 15 is 0 Å². The molecule has 0 N–H and O–H groups in total. The molecule has 0 spiro atoms. The van der Waals surface area contributed by atoms with Crippen LogP contribution in [0.25, 0.3) is 0 Å². The van der Waals surface area contributed by atoms with E-state index in [1.54, 1.807) is 44.7 Å². The van der Waals surface area contributed by atoms with Crippen molar-refractivity contribution in [2.45, 2.75) is 89.5 Å². The van der Waals surface area contributed by atoms with Crippen molar-refractivity contribution in [1.29, 1.82) is 5.26 Å². The molecule has 1 amide bonds. The third-order valence-electron chi connectivity index (χ3n) is 9.42. The highest BCUT2D eigenvalue weighted by Crippen LogP contribution is 2.40. The van der Waals surface area contributed by atoms with Crippen LogP contribution in [0.3, 0.4) is 0 Å². The van der Waals surface area contributed by atoms with Gasteiger partial charge in [0.15, 0.2) is 10.8 Å². The van der Waals surface area contributed by atoms with Gasteiger partial charge in [-0.05, 0) is 108 Å². The molecule has 0 radical (unpaired) electrons. The first-order chi connectivity index (χ1) is 23.9. The summed E-state index contributed by atoms with van der Waals surface area (Å²) < 4.78 is 57.3. The number of halogens is 4. The molecule has 2 atom stereocenters. The van der Waals surface area contributed by atoms with Crippen molar-refractivity contribution in [2.24, 2.45) is 5.92 Å². The summed E-state index contributed by atoms with van der Waals surface area (Å²) in [5.41, 5.74) is -2.06. The van der Waals surface area contributed by atoms with Crippen molar-refractivity contribution in [2.75, 3.05) is 36.6 Å². The van der Waals surface area contributed by atoms with E-state index in [1.807, 2.05) is 17.9 Å². The lowest BCUT2D eigenvalue weighted by Crippen LogP contribution is -2.48. The zero-order valence-corrected chi connectivity index (χ0v) is 30.9. The molecule has 2 saturated heterocycles. The number of esters is 2. The summed E-state index contributed by atoms with van der Waals surface area (Å²) in [5.74, 6) is -0.927. The number of anilines is 2. The Balaban J connectivity index is 1.39. The second-order valence-corrected chi connectivity index (χ2v) is 13.9. The van der Waals surface area contributed by atoms with E-state index in [-0.39, 0.29) is 17.2 Å². The number of amides is 1. The number of benzene rings is 1. The number of aryl methyl sites for hydroxylation is 1. The van der Waals surface area contributed by atoms with Crippen LogP contribution in [0.5, 0.6) is 5.75 Å². The summed E-state index contributed by atoms with van der Waals surface area (Å²) in [6.45, 7) is 10.3. The molecule has 0 bridgehead atoms. The fraction of sp³-hybridized carbons (Fsp3) is 0.543. The van der Waals surface area contributed by atoms with Gasteiger partial charge in [0.1, 0.15) is 23.4 Å². The average molecular weight is 752 g/mol. The van der Waals surface area contributed by atoms with Gasteiger partial charge in [-0.1, -0.05) is 25.4 Å². The molecular weight excluding hydrogens is 711 g/mol. The third kappa shape index (κ3) is 8.23. The molecule has 4 rings (SSSR count). The summed E-state index contributed by atoms with van der Waals surface area (Å²) in [7, 11) is 1.18. The first kappa shape index (κ1) is 39.8. The lowest BCUT2D eigenvalue weighted by Gasteiger charge is -2.36. The van der Waals surface area contributed by atoms with Crippen molar-refractivity contribution >= 4 is 58.2 Å². The molecule has 3 heterocycles. The van der Waals surface area contributed by atoms with Crippen LogP contribution in [-0.4, -0.2) is 76.3 Å². The molecule has 0 saturated carbocycles. The van der Waals surface area contributed by atoms with E-state index in [0.29, 0.717) is 49.5 Å². The number of methoxy groups -OCH3 is 1. The molecule has 0 aliphatic carbocycles. The van der Waals surface area contributed by atoms with Crippen molar-refractivity contribution in [3.8, 4) is 11.8 Å². The number of alkyl halides is 4. The lowest BCUT2D eigenvalue weighted by atomic mass is 9.93. The molecule has 16 heteroatoms. The fourth-order valence-electron chi connectivity index (χ4n) is 6.23. The second-order valence-electron chi connectivity index (χ2n) is 12.9. The van der Waals surface area contributed by atoms with Gasteiger partial charge in [-0.3, -0.25) is 19.4 Å². The van der Waals surface area contributed by atoms with Gasteiger partial charge in [0, 0.05) is 12.1 Å². The Labute approximate surface area is 305 Å². The second kappa shape index (κ2) is 15.7. The number of thiocarbonyl (C=S) groups is 1. The summed E-state index contributed by atoms with van der Waals surface area (Å²) >= 11 is 11.9. The maximum absolute atomic E-state index is 13.7. The molecule has 2 aromatic rings. The fourth-order valence-corrected chi connectivity index (χ4v) is 6.90. The van der Waals surface area contributed by atoms with Gasteiger partial charge in [0.25, 0.3) is 11.0 Å². The number of pyridine rings is 1. The summed E-state index contributed by atoms with van der Waals surface area (Å²) in [6, 6.07) is 6.97. The summed E-state index contributed by atoms with van der Waals surface area (Å²) in [6.07, 6.45) is -0.697. The number of carbonyl (C=O) groups is 3. The van der Waals surface area contributed by atoms with Crippen LogP contribution in [0.4, 0.5) is 24.5 Å². The molecule has 2 aliphatic rings. The Hall–Kier alpha value is -4.00. The Morgan fingerprint density at radius 2 is 1.84 bits per heavy atom. The number of nitriles is 1. The number of hydrogen-bond acceptors (Lipinski definition) is 10. The first-order valence-corrected chi connectivity index (χ1v) is 17.4. The minimum absolute atomic E-state index is 0.0231. The van der Waals surface area contributed by atoms with E-state index in [0.717, 1.165) is 35.9 Å². The Morgan fingerprint density at radius 1 is 1.18 bits per heavy atom. The van der Waals surface area contributed by atoms with Crippen LogP contribution in [-0.2, 0) is 36.5 Å². The highest BCUT2D eigenvalue weighted by atomic mass is 35.5. The lowest BCUT2D eigenvalue weighted by molar-refractivity contribution is -0.174. The number of aromatic nitrogens is 1. The van der Waals surface area contributed by atoms with Gasteiger partial charge in [0.05, 0.1) is 31.2 Å². The first-order valence-electron chi connectivity index (χ1n) is 16.6. The number of ether oxygens (including phenoxy) is 3. The number of nitrogens with zero attached hydrogens (tertiary/aromatic N) is 5. The Kier molecular flexibility index (Phi) is 12.3. The molecule has 1 aromatic carbocycles. The number of carbonyl (C=O) groups excluding carboxylic acids is 3. The van der Waals surface area contributed by atoms with Gasteiger partial charge in [0.2, 0.25) is 0 Å². The maximum atomic E-state index is 13.7. The Morgan fingerprint density at radius 3 is 2.41 bits per heavy atom. The molecule has 11 nitrogen and oxygen atoms in total. The van der Waals surface area contributed by atoms with Crippen LogP contribution in [0.15, 0.2) is 30.5 Å². The smallest absolute Gasteiger partial charge is 0.419 e. The molecule has 276 valence electrons. The van der Waals surface area contributed by atoms with Crippen LogP contribution in [0, 0.1) is 17.2 Å². The van der Waals surface area contributed by atoms with E-state index < -0.39 is 51.9 Å². The number of piperidine rings is 1. The van der Waals surface area contributed by atoms with Gasteiger partial charge >= 0.3 is 18.1 Å². The van der Waals surface area contributed by atoms with Crippen LogP contribution in [0.2, 0.25) is 0 Å². The Bertz CT molecular complexity index is 1710. The normalized spacial score (nSPS) is 18.6. The summed E-state index contributed by atoms with van der Waals surface area (Å²) in [5, 5.41) is 7.26. The van der Waals surface area contributed by atoms with Crippen molar-refractivity contribution in [3.05, 3.63) is 47.3 Å². The zero-order valence-electron chi connectivity index (χ0n) is 29.3. The molecule has 2 aliphatic heterocycles. The number of rotatable bonds is 12. The molecule has 51 heavy (non-hydrogen) atoms. The van der Waals surface area contributed by atoms with Crippen LogP contribution >= 0.6 is 23.8 Å². The highest BCUT2D eigenvalue weighted by Gasteiger charge is 2.51. The predicted octanol–water partition coefficient (Wildman–Crippen LogP) is 6.38. The molecular formula is C35H41ClF3N5O6S. The molecule has 1 aromatic heterocycles. The minimum atomic E-state index is -4.85. The molecule has 2 fully saturated rings. The highest BCUT2D eigenvalue weighted by molar-refractivity contribution is 7.81. The molecule has 0 unspecified atom stereocenters. The van der Waals surface area contributed by atoms with Crippen LogP contribution in [0.1, 0.15) is 77.1 Å². The van der Waals surface area contributed by atoms with Gasteiger partial charge in [-0.15, -0.1) is 0 Å². The average Bonchev–Trinajstić information content (AvgIpc) is 3.28. The van der Waals surface area contributed by atoms with Crippen molar-refractivity contribution < 1.29 is 41.8 Å². The summed E-state index contributed by atoms with van der Waals surface area (Å²) in [4.78, 5) is 46.6. The maximum Gasteiger partial charge on any atom is 0.419 e. The quantitative estimate of drug-likeness (QED) is 0.136. The van der Waals surface area contributed by atoms with Crippen molar-refractivity contribution in [1.82, 2.24) is 9.88 Å². The minimum Gasteiger partial charge on any atom is -0.493 e. The monoisotopic (exact) mass is 751 g/mol.